The SMILES string of the molecule is CCCOc1ccc(S(=O)(=O)Oc2ccc(N)c([N+](=O)[O-])c2)cc1. The first kappa shape index (κ1) is 17.5. The van der Waals surface area contributed by atoms with Gasteiger partial charge in [-0.25, -0.2) is 0 Å². The summed E-state index contributed by atoms with van der Waals surface area (Å²) in [5.41, 5.74) is 4.95. The van der Waals surface area contributed by atoms with Crippen molar-refractivity contribution in [3.05, 3.63) is 52.6 Å². The van der Waals surface area contributed by atoms with E-state index in [-0.39, 0.29) is 16.3 Å². The molecule has 0 heterocycles. The molecule has 0 unspecified atom stereocenters. The van der Waals surface area contributed by atoms with Gasteiger partial charge in [0.25, 0.3) is 5.69 Å². The van der Waals surface area contributed by atoms with E-state index in [4.69, 9.17) is 14.7 Å². The minimum Gasteiger partial charge on any atom is -0.494 e. The van der Waals surface area contributed by atoms with E-state index in [9.17, 15) is 18.5 Å². The normalized spacial score (nSPS) is 11.0. The zero-order valence-electron chi connectivity index (χ0n) is 12.8. The summed E-state index contributed by atoms with van der Waals surface area (Å²) < 4.78 is 34.8. The second kappa shape index (κ2) is 7.18. The van der Waals surface area contributed by atoms with Gasteiger partial charge in [0.1, 0.15) is 22.1 Å². The van der Waals surface area contributed by atoms with E-state index in [0.717, 1.165) is 12.5 Å². The van der Waals surface area contributed by atoms with Crippen LogP contribution in [0.15, 0.2) is 47.4 Å². The number of ether oxygens (including phenoxy) is 1. The molecule has 128 valence electrons. The molecule has 0 amide bonds. The quantitative estimate of drug-likeness (QED) is 0.352. The molecule has 0 fully saturated rings. The summed E-state index contributed by atoms with van der Waals surface area (Å²) in [7, 11) is -4.12. The predicted octanol–water partition coefficient (Wildman–Crippen LogP) is 2.73. The number of nitro groups is 1. The summed E-state index contributed by atoms with van der Waals surface area (Å²) in [5, 5.41) is 10.8. The number of nitro benzene ring substituents is 1. The van der Waals surface area contributed by atoms with Crippen LogP contribution in [0.5, 0.6) is 11.5 Å². The van der Waals surface area contributed by atoms with Crippen molar-refractivity contribution in [2.45, 2.75) is 18.2 Å². The van der Waals surface area contributed by atoms with E-state index in [1.165, 1.54) is 36.4 Å². The average molecular weight is 352 g/mol. The van der Waals surface area contributed by atoms with Crippen molar-refractivity contribution in [1.29, 1.82) is 0 Å². The first-order chi connectivity index (χ1) is 11.3. The van der Waals surface area contributed by atoms with Gasteiger partial charge < -0.3 is 14.7 Å². The van der Waals surface area contributed by atoms with Crippen molar-refractivity contribution >= 4 is 21.5 Å². The molecule has 0 bridgehead atoms. The summed E-state index contributed by atoms with van der Waals surface area (Å²) >= 11 is 0. The van der Waals surface area contributed by atoms with Crippen molar-refractivity contribution in [1.82, 2.24) is 0 Å². The Labute approximate surface area is 139 Å². The van der Waals surface area contributed by atoms with Crippen LogP contribution in [0.1, 0.15) is 13.3 Å². The lowest BCUT2D eigenvalue weighted by molar-refractivity contribution is -0.383. The fourth-order valence-electron chi connectivity index (χ4n) is 1.83. The summed E-state index contributed by atoms with van der Waals surface area (Å²) in [6, 6.07) is 9.13. The lowest BCUT2D eigenvalue weighted by atomic mass is 10.2. The van der Waals surface area contributed by atoms with Crippen LogP contribution in [0.3, 0.4) is 0 Å². The first-order valence-electron chi connectivity index (χ1n) is 7.04. The van der Waals surface area contributed by atoms with Crippen LogP contribution in [-0.4, -0.2) is 19.9 Å². The Morgan fingerprint density at radius 2 is 1.75 bits per heavy atom. The number of rotatable bonds is 7. The van der Waals surface area contributed by atoms with Gasteiger partial charge in [0, 0.05) is 0 Å². The maximum Gasteiger partial charge on any atom is 0.339 e. The van der Waals surface area contributed by atoms with Crippen LogP contribution in [0, 0.1) is 10.1 Å². The Bertz CT molecular complexity index is 834. The third-order valence-electron chi connectivity index (χ3n) is 2.99. The van der Waals surface area contributed by atoms with Gasteiger partial charge in [0.15, 0.2) is 0 Å². The summed E-state index contributed by atoms with van der Waals surface area (Å²) in [4.78, 5) is 10.0. The molecular formula is C15H16N2O6S. The van der Waals surface area contributed by atoms with Gasteiger partial charge in [-0.1, -0.05) is 6.92 Å². The van der Waals surface area contributed by atoms with Gasteiger partial charge >= 0.3 is 10.1 Å². The number of nitrogens with two attached hydrogens (primary N) is 1. The highest BCUT2D eigenvalue weighted by atomic mass is 32.2. The molecule has 0 radical (unpaired) electrons. The molecule has 0 aromatic heterocycles. The molecule has 0 saturated carbocycles. The number of hydrogen-bond acceptors (Lipinski definition) is 7. The lowest BCUT2D eigenvalue weighted by Gasteiger charge is -2.09. The summed E-state index contributed by atoms with van der Waals surface area (Å²) in [5.74, 6) is 0.348. The summed E-state index contributed by atoms with van der Waals surface area (Å²) in [6.07, 6.45) is 0.832. The zero-order chi connectivity index (χ0) is 17.7. The lowest BCUT2D eigenvalue weighted by Crippen LogP contribution is -2.10. The second-order valence-corrected chi connectivity index (χ2v) is 6.38. The number of benzene rings is 2. The van der Waals surface area contributed by atoms with Crippen molar-refractivity contribution < 1.29 is 22.3 Å². The van der Waals surface area contributed by atoms with E-state index in [0.29, 0.717) is 12.4 Å². The van der Waals surface area contributed by atoms with Crippen LogP contribution < -0.4 is 14.7 Å². The largest absolute Gasteiger partial charge is 0.494 e. The smallest absolute Gasteiger partial charge is 0.339 e. The molecule has 0 aliphatic heterocycles. The third kappa shape index (κ3) is 4.13. The maximum absolute atomic E-state index is 12.2. The molecule has 0 aliphatic carbocycles. The number of nitrogens with zero attached hydrogens (tertiary/aromatic N) is 1. The molecule has 9 heteroatoms. The fraction of sp³-hybridized carbons (Fsp3) is 0.200. The minimum atomic E-state index is -4.12. The summed E-state index contributed by atoms with van der Waals surface area (Å²) in [6.45, 7) is 2.48. The van der Waals surface area contributed by atoms with Crippen molar-refractivity contribution in [2.24, 2.45) is 0 Å². The standard InChI is InChI=1S/C15H16N2O6S/c1-2-9-22-11-3-6-13(7-4-11)24(20,21)23-12-5-8-14(16)15(10-12)17(18)19/h3-8,10H,2,9,16H2,1H3. The molecule has 0 aliphatic rings. The molecular weight excluding hydrogens is 336 g/mol. The Morgan fingerprint density at radius 1 is 1.12 bits per heavy atom. The molecule has 2 aromatic carbocycles. The van der Waals surface area contributed by atoms with Gasteiger partial charge in [0.2, 0.25) is 0 Å². The Balaban J connectivity index is 2.22. The van der Waals surface area contributed by atoms with Crippen molar-refractivity contribution in [3.8, 4) is 11.5 Å². The van der Waals surface area contributed by atoms with E-state index in [1.54, 1.807) is 0 Å². The van der Waals surface area contributed by atoms with Gasteiger partial charge in [-0.15, -0.1) is 0 Å². The van der Waals surface area contributed by atoms with Crippen LogP contribution in [0.2, 0.25) is 0 Å². The van der Waals surface area contributed by atoms with Crippen LogP contribution in [-0.2, 0) is 10.1 Å². The first-order valence-corrected chi connectivity index (χ1v) is 8.45. The van der Waals surface area contributed by atoms with Crippen molar-refractivity contribution in [3.63, 3.8) is 0 Å². The Morgan fingerprint density at radius 3 is 2.33 bits per heavy atom. The number of nitrogen functional groups attached to an aromatic ring is 1. The topological polar surface area (TPSA) is 122 Å². The van der Waals surface area contributed by atoms with Gasteiger partial charge in [-0.05, 0) is 42.8 Å². The molecule has 2 N–H and O–H groups in total. The highest BCUT2D eigenvalue weighted by molar-refractivity contribution is 7.87. The molecule has 8 nitrogen and oxygen atoms in total. The molecule has 0 spiro atoms. The Hall–Kier alpha value is -2.81. The monoisotopic (exact) mass is 352 g/mol. The molecule has 24 heavy (non-hydrogen) atoms. The molecule has 0 atom stereocenters. The van der Waals surface area contributed by atoms with Crippen LogP contribution in [0.25, 0.3) is 0 Å². The Kier molecular flexibility index (Phi) is 5.24. The van der Waals surface area contributed by atoms with Gasteiger partial charge in [-0.3, -0.25) is 10.1 Å². The van der Waals surface area contributed by atoms with Crippen LogP contribution >= 0.6 is 0 Å². The number of anilines is 1. The van der Waals surface area contributed by atoms with E-state index < -0.39 is 20.7 Å². The number of hydrogen-bond donors (Lipinski definition) is 1. The molecule has 2 rings (SSSR count). The second-order valence-electron chi connectivity index (χ2n) is 4.84. The predicted molar refractivity (Wildman–Crippen MR) is 87.6 cm³/mol. The van der Waals surface area contributed by atoms with Crippen molar-refractivity contribution in [2.75, 3.05) is 12.3 Å². The van der Waals surface area contributed by atoms with E-state index in [1.807, 2.05) is 6.92 Å². The average Bonchev–Trinajstić information content (AvgIpc) is 2.54. The zero-order valence-corrected chi connectivity index (χ0v) is 13.7. The van der Waals surface area contributed by atoms with Gasteiger partial charge in [0.05, 0.1) is 17.6 Å². The highest BCUT2D eigenvalue weighted by Crippen LogP contribution is 2.28. The van der Waals surface area contributed by atoms with E-state index >= 15 is 0 Å². The van der Waals surface area contributed by atoms with E-state index in [2.05, 4.69) is 0 Å². The fourth-order valence-corrected chi connectivity index (χ4v) is 2.75. The van der Waals surface area contributed by atoms with Crippen LogP contribution in [0.4, 0.5) is 11.4 Å². The maximum atomic E-state index is 12.2. The molecule has 0 saturated heterocycles. The highest BCUT2D eigenvalue weighted by Gasteiger charge is 2.20. The molecule has 2 aromatic rings. The third-order valence-corrected chi connectivity index (χ3v) is 4.25. The van der Waals surface area contributed by atoms with Gasteiger partial charge in [-0.2, -0.15) is 8.42 Å². The minimum absolute atomic E-state index is 0.0813.